The van der Waals surface area contributed by atoms with Gasteiger partial charge >= 0.3 is 0 Å². The quantitative estimate of drug-likeness (QED) is 0.908. The first-order valence-corrected chi connectivity index (χ1v) is 7.44. The van der Waals surface area contributed by atoms with Gasteiger partial charge in [-0.15, -0.1) is 0 Å². The summed E-state index contributed by atoms with van der Waals surface area (Å²) >= 11 is 0. The van der Waals surface area contributed by atoms with Gasteiger partial charge < -0.3 is 14.2 Å². The van der Waals surface area contributed by atoms with Gasteiger partial charge in [0.05, 0.1) is 13.3 Å². The molecule has 0 spiro atoms. The van der Waals surface area contributed by atoms with Gasteiger partial charge in [0.15, 0.2) is 0 Å². The van der Waals surface area contributed by atoms with Gasteiger partial charge in [0.25, 0.3) is 5.88 Å². The van der Waals surface area contributed by atoms with Gasteiger partial charge in [0, 0.05) is 43.6 Å². The van der Waals surface area contributed by atoms with E-state index in [4.69, 9.17) is 9.26 Å². The van der Waals surface area contributed by atoms with E-state index in [1.54, 1.807) is 6.07 Å². The van der Waals surface area contributed by atoms with E-state index in [-0.39, 0.29) is 5.91 Å². The molecule has 2 aromatic rings. The highest BCUT2D eigenvalue weighted by atomic mass is 16.5. The van der Waals surface area contributed by atoms with Crippen LogP contribution in [0.3, 0.4) is 0 Å². The number of hydrogen-bond donors (Lipinski definition) is 1. The molecule has 0 bridgehead atoms. The number of nitrogens with one attached hydrogen (secondary N) is 1. The van der Waals surface area contributed by atoms with Crippen molar-refractivity contribution in [3.8, 4) is 5.88 Å². The lowest BCUT2D eigenvalue weighted by molar-refractivity contribution is -0.130. The van der Waals surface area contributed by atoms with Crippen LogP contribution in [-0.2, 0) is 11.2 Å². The summed E-state index contributed by atoms with van der Waals surface area (Å²) in [5.41, 5.74) is 2.31. The number of aryl methyl sites for hydroxylation is 2. The number of amides is 1. The van der Waals surface area contributed by atoms with Crippen LogP contribution in [0, 0.1) is 6.92 Å². The third kappa shape index (κ3) is 2.98. The summed E-state index contributed by atoms with van der Waals surface area (Å²) < 4.78 is 10.1. The number of methoxy groups -OCH3 is 1. The van der Waals surface area contributed by atoms with E-state index in [1.807, 2.05) is 18.0 Å². The van der Waals surface area contributed by atoms with Gasteiger partial charge in [-0.3, -0.25) is 9.89 Å². The highest BCUT2D eigenvalue weighted by Gasteiger charge is 2.29. The van der Waals surface area contributed by atoms with E-state index in [0.717, 1.165) is 30.8 Å². The molecule has 0 radical (unpaired) electrons. The van der Waals surface area contributed by atoms with Crippen molar-refractivity contribution in [1.29, 1.82) is 0 Å². The molecule has 3 rings (SSSR count). The van der Waals surface area contributed by atoms with E-state index in [9.17, 15) is 4.79 Å². The third-order valence-electron chi connectivity index (χ3n) is 4.15. The standard InChI is InChI=1S/C15H20N4O3/c1-10-8-16-17-15(10)11-5-6-19(9-11)14(20)4-3-12-7-13(21-2)18-22-12/h7-8,11H,3-6,9H2,1-2H3,(H,16,17)/t11-/m0/s1. The number of aromatic amines is 1. The topological polar surface area (TPSA) is 84.2 Å². The normalized spacial score (nSPS) is 17.9. The number of aromatic nitrogens is 3. The van der Waals surface area contributed by atoms with Crippen LogP contribution in [0.1, 0.15) is 35.8 Å². The lowest BCUT2D eigenvalue weighted by Crippen LogP contribution is -2.28. The highest BCUT2D eigenvalue weighted by molar-refractivity contribution is 5.76. The summed E-state index contributed by atoms with van der Waals surface area (Å²) in [5, 5.41) is 10.8. The smallest absolute Gasteiger partial charge is 0.254 e. The second-order valence-electron chi connectivity index (χ2n) is 5.63. The van der Waals surface area contributed by atoms with Crippen molar-refractivity contribution in [3.63, 3.8) is 0 Å². The molecular formula is C15H20N4O3. The lowest BCUT2D eigenvalue weighted by Gasteiger charge is -2.16. The van der Waals surface area contributed by atoms with Crippen molar-refractivity contribution in [2.75, 3.05) is 20.2 Å². The third-order valence-corrected chi connectivity index (χ3v) is 4.15. The SMILES string of the molecule is COc1cc(CCC(=O)N2CC[C@H](c3[nH]ncc3C)C2)on1. The summed E-state index contributed by atoms with van der Waals surface area (Å²) in [4.78, 5) is 14.2. The van der Waals surface area contributed by atoms with Gasteiger partial charge in [-0.05, 0) is 24.1 Å². The summed E-state index contributed by atoms with van der Waals surface area (Å²) in [7, 11) is 1.54. The van der Waals surface area contributed by atoms with Crippen LogP contribution in [0.25, 0.3) is 0 Å². The minimum atomic E-state index is 0.148. The molecule has 1 fully saturated rings. The van der Waals surface area contributed by atoms with Crippen LogP contribution >= 0.6 is 0 Å². The molecule has 7 nitrogen and oxygen atoms in total. The Morgan fingerprint density at radius 2 is 2.45 bits per heavy atom. The van der Waals surface area contributed by atoms with Crippen LogP contribution in [0.2, 0.25) is 0 Å². The van der Waals surface area contributed by atoms with Crippen LogP contribution in [-0.4, -0.2) is 46.4 Å². The maximum atomic E-state index is 12.3. The van der Waals surface area contributed by atoms with Crippen LogP contribution in [0.4, 0.5) is 0 Å². The molecule has 7 heteroatoms. The first-order valence-electron chi connectivity index (χ1n) is 7.44. The molecule has 3 heterocycles. The van der Waals surface area contributed by atoms with E-state index in [1.165, 1.54) is 7.11 Å². The van der Waals surface area contributed by atoms with Crippen molar-refractivity contribution >= 4 is 5.91 Å². The Kier molecular flexibility index (Phi) is 4.13. The van der Waals surface area contributed by atoms with Gasteiger partial charge in [-0.2, -0.15) is 5.10 Å². The number of carbonyl (C=O) groups is 1. The number of rotatable bonds is 5. The molecule has 1 aliphatic heterocycles. The first kappa shape index (κ1) is 14.6. The monoisotopic (exact) mass is 304 g/mol. The average Bonchev–Trinajstić information content (AvgIpc) is 3.24. The molecule has 1 aliphatic rings. The van der Waals surface area contributed by atoms with Crippen LogP contribution < -0.4 is 4.74 Å². The molecule has 1 saturated heterocycles. The van der Waals surface area contributed by atoms with Crippen LogP contribution in [0.15, 0.2) is 16.8 Å². The Bertz CT molecular complexity index is 649. The molecule has 0 aliphatic carbocycles. The predicted molar refractivity (Wildman–Crippen MR) is 78.6 cm³/mol. The Balaban J connectivity index is 1.52. The maximum absolute atomic E-state index is 12.3. The Morgan fingerprint density at radius 1 is 1.59 bits per heavy atom. The van der Waals surface area contributed by atoms with Crippen molar-refractivity contribution in [2.24, 2.45) is 0 Å². The predicted octanol–water partition coefficient (Wildman–Crippen LogP) is 1.66. The summed E-state index contributed by atoms with van der Waals surface area (Å²) in [6.07, 6.45) is 3.77. The highest BCUT2D eigenvalue weighted by Crippen LogP contribution is 2.28. The molecule has 22 heavy (non-hydrogen) atoms. The first-order chi connectivity index (χ1) is 10.7. The van der Waals surface area contributed by atoms with Crippen molar-refractivity contribution in [2.45, 2.75) is 32.1 Å². The lowest BCUT2D eigenvalue weighted by atomic mass is 10.0. The Labute approximate surface area is 128 Å². The fourth-order valence-corrected chi connectivity index (χ4v) is 2.89. The average molecular weight is 304 g/mol. The summed E-state index contributed by atoms with van der Waals surface area (Å²) in [6.45, 7) is 3.59. The van der Waals surface area contributed by atoms with E-state index in [2.05, 4.69) is 15.4 Å². The van der Waals surface area contributed by atoms with Gasteiger partial charge in [0.2, 0.25) is 5.91 Å². The van der Waals surface area contributed by atoms with Crippen LogP contribution in [0.5, 0.6) is 5.88 Å². The zero-order valence-electron chi connectivity index (χ0n) is 12.8. The zero-order chi connectivity index (χ0) is 15.5. The number of hydrogen-bond acceptors (Lipinski definition) is 5. The fourth-order valence-electron chi connectivity index (χ4n) is 2.89. The molecule has 0 aromatic carbocycles. The Morgan fingerprint density at radius 3 is 3.14 bits per heavy atom. The Hall–Kier alpha value is -2.31. The minimum absolute atomic E-state index is 0.148. The van der Waals surface area contributed by atoms with Crippen molar-refractivity contribution < 1.29 is 14.1 Å². The van der Waals surface area contributed by atoms with E-state index in [0.29, 0.717) is 30.4 Å². The molecule has 0 saturated carbocycles. The largest absolute Gasteiger partial charge is 0.479 e. The van der Waals surface area contributed by atoms with Crippen molar-refractivity contribution in [1.82, 2.24) is 20.3 Å². The number of nitrogens with zero attached hydrogens (tertiary/aromatic N) is 3. The van der Waals surface area contributed by atoms with Gasteiger partial charge in [0.1, 0.15) is 5.76 Å². The molecule has 1 amide bonds. The number of carbonyl (C=O) groups excluding carboxylic acids is 1. The summed E-state index contributed by atoms with van der Waals surface area (Å²) in [5.74, 6) is 1.62. The molecule has 1 atom stereocenters. The molecule has 0 unspecified atom stereocenters. The molecule has 118 valence electrons. The summed E-state index contributed by atoms with van der Waals surface area (Å²) in [6, 6.07) is 1.72. The number of likely N-dealkylation sites (tertiary alicyclic amines) is 1. The second kappa shape index (κ2) is 6.21. The molecule has 2 aromatic heterocycles. The minimum Gasteiger partial charge on any atom is -0.479 e. The maximum Gasteiger partial charge on any atom is 0.254 e. The van der Waals surface area contributed by atoms with Crippen molar-refractivity contribution in [3.05, 3.63) is 29.3 Å². The number of H-pyrrole nitrogens is 1. The zero-order valence-corrected chi connectivity index (χ0v) is 12.8. The fraction of sp³-hybridized carbons (Fsp3) is 0.533. The number of ether oxygens (including phenoxy) is 1. The second-order valence-corrected chi connectivity index (χ2v) is 5.63. The van der Waals surface area contributed by atoms with Gasteiger partial charge in [-0.25, -0.2) is 0 Å². The van der Waals surface area contributed by atoms with E-state index < -0.39 is 0 Å². The molecule has 1 N–H and O–H groups in total. The van der Waals surface area contributed by atoms with Gasteiger partial charge in [-0.1, -0.05) is 0 Å². The molecular weight excluding hydrogens is 284 g/mol. The van der Waals surface area contributed by atoms with E-state index >= 15 is 0 Å².